The molecular formula is C67H120O6. The second-order valence-electron chi connectivity index (χ2n) is 21.3. The van der Waals surface area contributed by atoms with Gasteiger partial charge in [0.1, 0.15) is 13.2 Å². The summed E-state index contributed by atoms with van der Waals surface area (Å²) in [6.45, 7) is 6.55. The third kappa shape index (κ3) is 59.9. The van der Waals surface area contributed by atoms with Crippen LogP contribution in [0.25, 0.3) is 0 Å². The van der Waals surface area contributed by atoms with Crippen LogP contribution in [0.4, 0.5) is 0 Å². The van der Waals surface area contributed by atoms with E-state index in [0.717, 1.165) is 96.3 Å². The molecule has 0 bridgehead atoms. The fourth-order valence-electron chi connectivity index (χ4n) is 9.30. The zero-order valence-corrected chi connectivity index (χ0v) is 48.7. The van der Waals surface area contributed by atoms with Crippen LogP contribution in [0.3, 0.4) is 0 Å². The first-order chi connectivity index (χ1) is 36.0. The molecule has 73 heavy (non-hydrogen) atoms. The van der Waals surface area contributed by atoms with Crippen molar-refractivity contribution in [1.29, 1.82) is 0 Å². The minimum atomic E-state index is -0.789. The number of hydrogen-bond donors (Lipinski definition) is 0. The predicted molar refractivity (Wildman–Crippen MR) is 316 cm³/mol. The maximum Gasteiger partial charge on any atom is 0.306 e. The summed E-state index contributed by atoms with van der Waals surface area (Å²) < 4.78 is 16.9. The molecule has 0 spiro atoms. The molecular weight excluding hydrogens is 901 g/mol. The van der Waals surface area contributed by atoms with Gasteiger partial charge >= 0.3 is 17.9 Å². The van der Waals surface area contributed by atoms with Crippen molar-refractivity contribution >= 4 is 17.9 Å². The Hall–Kier alpha value is -2.89. The van der Waals surface area contributed by atoms with Gasteiger partial charge in [-0.15, -0.1) is 0 Å². The standard InChI is InChI=1S/C67H120O6/c1-4-7-10-13-16-19-22-25-28-30-32-33-34-36-37-39-42-45-48-51-54-57-60-66(69)72-63-64(62-71-65(68)59-56-53-50-47-44-41-27-24-21-18-15-12-9-6-3)73-67(70)61-58-55-52-49-46-43-40-38-35-31-29-26-23-20-17-14-11-8-5-2/h8,11,17,20,26,29,35,38,43,46,64H,4-7,9-10,12-16,18-19,21-25,27-28,30-34,36-37,39-42,44-45,47-63H2,1-3H3/b11-8-,20-17-,29-26-,38-35-,46-43-. The molecule has 0 aromatic heterocycles. The van der Waals surface area contributed by atoms with Crippen LogP contribution in [0.15, 0.2) is 60.8 Å². The molecule has 6 nitrogen and oxygen atoms in total. The second kappa shape index (κ2) is 61.7. The third-order valence-corrected chi connectivity index (χ3v) is 14.0. The highest BCUT2D eigenvalue weighted by molar-refractivity contribution is 5.71. The number of ether oxygens (including phenoxy) is 3. The molecule has 0 amide bonds. The van der Waals surface area contributed by atoms with Crippen molar-refractivity contribution in [2.75, 3.05) is 13.2 Å². The van der Waals surface area contributed by atoms with Gasteiger partial charge in [-0.1, -0.05) is 306 Å². The summed E-state index contributed by atoms with van der Waals surface area (Å²) in [7, 11) is 0. The Morgan fingerprint density at radius 3 is 0.836 bits per heavy atom. The summed E-state index contributed by atoms with van der Waals surface area (Å²) in [5.74, 6) is -0.896. The van der Waals surface area contributed by atoms with Gasteiger partial charge in [0.15, 0.2) is 6.10 Å². The van der Waals surface area contributed by atoms with Crippen LogP contribution < -0.4 is 0 Å². The molecule has 0 radical (unpaired) electrons. The molecule has 0 N–H and O–H groups in total. The quantitative estimate of drug-likeness (QED) is 0.0261. The average molecular weight is 1020 g/mol. The summed E-state index contributed by atoms with van der Waals surface area (Å²) in [6, 6.07) is 0. The maximum absolute atomic E-state index is 12.9. The van der Waals surface area contributed by atoms with Gasteiger partial charge in [0.2, 0.25) is 0 Å². The van der Waals surface area contributed by atoms with Gasteiger partial charge < -0.3 is 14.2 Å². The van der Waals surface area contributed by atoms with E-state index in [2.05, 4.69) is 81.5 Å². The van der Waals surface area contributed by atoms with E-state index in [0.29, 0.717) is 19.3 Å². The lowest BCUT2D eigenvalue weighted by Crippen LogP contribution is -2.30. The number of unbranched alkanes of at least 4 members (excludes halogenated alkanes) is 37. The highest BCUT2D eigenvalue weighted by Crippen LogP contribution is 2.17. The Kier molecular flexibility index (Phi) is 59.2. The second-order valence-corrected chi connectivity index (χ2v) is 21.3. The largest absolute Gasteiger partial charge is 0.462 e. The van der Waals surface area contributed by atoms with Crippen LogP contribution >= 0.6 is 0 Å². The first-order valence-corrected chi connectivity index (χ1v) is 31.8. The summed E-state index contributed by atoms with van der Waals surface area (Å²) >= 11 is 0. The minimum absolute atomic E-state index is 0.0832. The molecule has 0 fully saturated rings. The van der Waals surface area contributed by atoms with E-state index in [9.17, 15) is 14.4 Å². The predicted octanol–water partition coefficient (Wildman–Crippen LogP) is 21.6. The first-order valence-electron chi connectivity index (χ1n) is 31.8. The molecule has 0 aliphatic rings. The number of hydrogen-bond acceptors (Lipinski definition) is 6. The van der Waals surface area contributed by atoms with E-state index >= 15 is 0 Å². The van der Waals surface area contributed by atoms with Gasteiger partial charge in [-0.25, -0.2) is 0 Å². The van der Waals surface area contributed by atoms with E-state index in [1.807, 2.05) is 0 Å². The Morgan fingerprint density at radius 1 is 0.288 bits per heavy atom. The molecule has 0 saturated heterocycles. The van der Waals surface area contributed by atoms with Crippen LogP contribution in [0, 0.1) is 0 Å². The zero-order valence-electron chi connectivity index (χ0n) is 48.7. The van der Waals surface area contributed by atoms with Gasteiger partial charge in [-0.05, 0) is 64.2 Å². The molecule has 0 heterocycles. The smallest absolute Gasteiger partial charge is 0.306 e. The topological polar surface area (TPSA) is 78.9 Å². The van der Waals surface area contributed by atoms with Crippen molar-refractivity contribution in [3.8, 4) is 0 Å². The lowest BCUT2D eigenvalue weighted by molar-refractivity contribution is -0.167. The van der Waals surface area contributed by atoms with E-state index < -0.39 is 6.10 Å². The van der Waals surface area contributed by atoms with Crippen molar-refractivity contribution in [2.24, 2.45) is 0 Å². The van der Waals surface area contributed by atoms with Crippen LogP contribution in [0.5, 0.6) is 0 Å². The van der Waals surface area contributed by atoms with Crippen molar-refractivity contribution < 1.29 is 28.6 Å². The van der Waals surface area contributed by atoms with E-state index in [1.165, 1.54) is 193 Å². The van der Waals surface area contributed by atoms with E-state index in [-0.39, 0.29) is 31.1 Å². The summed E-state index contributed by atoms with van der Waals surface area (Å²) in [4.78, 5) is 38.3. The van der Waals surface area contributed by atoms with Crippen LogP contribution in [-0.4, -0.2) is 37.2 Å². The monoisotopic (exact) mass is 1020 g/mol. The molecule has 0 aliphatic carbocycles. The summed E-state index contributed by atoms with van der Waals surface area (Å²) in [5.41, 5.74) is 0. The van der Waals surface area contributed by atoms with Gasteiger partial charge in [-0.3, -0.25) is 14.4 Å². The number of carbonyl (C=O) groups excluding carboxylic acids is 3. The number of rotatable bonds is 58. The SMILES string of the molecule is CC/C=C\C/C=C\C/C=C\C/C=C\C/C=C\CCCCCC(=O)OC(COC(=O)CCCCCCCCCCCCCCCC)COC(=O)CCCCCCCCCCCCCCCCCCCCCCCC. The third-order valence-electron chi connectivity index (χ3n) is 14.0. The van der Waals surface area contributed by atoms with E-state index in [1.54, 1.807) is 0 Å². The lowest BCUT2D eigenvalue weighted by atomic mass is 10.0. The molecule has 0 saturated carbocycles. The minimum Gasteiger partial charge on any atom is -0.462 e. The zero-order chi connectivity index (χ0) is 52.9. The molecule has 1 atom stereocenters. The molecule has 0 aliphatic heterocycles. The molecule has 424 valence electrons. The van der Waals surface area contributed by atoms with Crippen molar-refractivity contribution in [2.45, 2.75) is 335 Å². The fourth-order valence-corrected chi connectivity index (χ4v) is 9.30. The van der Waals surface area contributed by atoms with Crippen molar-refractivity contribution in [3.05, 3.63) is 60.8 Å². The highest BCUT2D eigenvalue weighted by atomic mass is 16.6. The van der Waals surface area contributed by atoms with Crippen molar-refractivity contribution in [3.63, 3.8) is 0 Å². The first kappa shape index (κ1) is 70.1. The highest BCUT2D eigenvalue weighted by Gasteiger charge is 2.19. The lowest BCUT2D eigenvalue weighted by Gasteiger charge is -2.18. The summed E-state index contributed by atoms with van der Waals surface area (Å²) in [5, 5.41) is 0. The average Bonchev–Trinajstić information content (AvgIpc) is 3.39. The fraction of sp³-hybridized carbons (Fsp3) is 0.806. The Morgan fingerprint density at radius 2 is 0.534 bits per heavy atom. The van der Waals surface area contributed by atoms with Crippen LogP contribution in [0.2, 0.25) is 0 Å². The number of esters is 3. The van der Waals surface area contributed by atoms with Gasteiger partial charge in [0, 0.05) is 19.3 Å². The normalized spacial score (nSPS) is 12.4. The van der Waals surface area contributed by atoms with Gasteiger partial charge in [0.05, 0.1) is 0 Å². The molecule has 0 rings (SSSR count). The Labute approximate surface area is 453 Å². The van der Waals surface area contributed by atoms with Crippen molar-refractivity contribution in [1.82, 2.24) is 0 Å². The molecule has 0 aromatic carbocycles. The number of carbonyl (C=O) groups is 3. The molecule has 1 unspecified atom stereocenters. The van der Waals surface area contributed by atoms with E-state index in [4.69, 9.17) is 14.2 Å². The molecule has 0 aromatic rings. The Balaban J connectivity index is 4.35. The Bertz CT molecular complexity index is 1310. The van der Waals surface area contributed by atoms with Gasteiger partial charge in [-0.2, -0.15) is 0 Å². The molecule has 6 heteroatoms. The van der Waals surface area contributed by atoms with Gasteiger partial charge in [0.25, 0.3) is 0 Å². The number of allylic oxidation sites excluding steroid dienone is 10. The van der Waals surface area contributed by atoms with Crippen LogP contribution in [-0.2, 0) is 28.6 Å². The van der Waals surface area contributed by atoms with Crippen LogP contribution in [0.1, 0.15) is 329 Å². The maximum atomic E-state index is 12.9. The summed E-state index contributed by atoms with van der Waals surface area (Å²) in [6.07, 6.45) is 78.0.